The Morgan fingerprint density at radius 1 is 0.741 bits per heavy atom. The highest BCUT2D eigenvalue weighted by Gasteiger charge is 2.14. The molecule has 0 saturated heterocycles. The highest BCUT2D eigenvalue weighted by Crippen LogP contribution is 2.33. The molecule has 1 aromatic heterocycles. The zero-order valence-electron chi connectivity index (χ0n) is 13.9. The Balaban J connectivity index is 1.89. The third-order valence-corrected chi connectivity index (χ3v) is 3.63. The number of benzene rings is 2. The molecule has 0 radical (unpaired) electrons. The number of hydrogen-bond donors (Lipinski definition) is 6. The lowest BCUT2D eigenvalue weighted by molar-refractivity contribution is 0.571. The summed E-state index contributed by atoms with van der Waals surface area (Å²) in [5, 5.41) is 19.3. The van der Waals surface area contributed by atoms with Crippen LogP contribution in [-0.2, 0) is 0 Å². The lowest BCUT2D eigenvalue weighted by atomic mass is 10.1. The van der Waals surface area contributed by atoms with E-state index in [9.17, 15) is 8.78 Å². The molecule has 7 nitrogen and oxygen atoms in total. The van der Waals surface area contributed by atoms with E-state index >= 15 is 0 Å². The molecule has 0 unspecified atom stereocenters. The first kappa shape index (κ1) is 17.9. The third kappa shape index (κ3) is 4.03. The monoisotopic (exact) mass is 370 g/mol. The molecule has 0 aliphatic heterocycles. The van der Waals surface area contributed by atoms with E-state index in [-0.39, 0.29) is 34.6 Å². The summed E-state index contributed by atoms with van der Waals surface area (Å²) in [5.41, 5.74) is 11.5. The Morgan fingerprint density at radius 2 is 1.15 bits per heavy atom. The van der Waals surface area contributed by atoms with E-state index in [0.29, 0.717) is 11.4 Å². The minimum Gasteiger partial charge on any atom is -0.456 e. The summed E-state index contributed by atoms with van der Waals surface area (Å²) < 4.78 is 34.3. The van der Waals surface area contributed by atoms with Crippen LogP contribution in [0.5, 0.6) is 0 Å². The topological polar surface area (TPSA) is 137 Å². The average molecular weight is 370 g/mol. The maximum atomic E-state index is 14.3. The van der Waals surface area contributed by atoms with E-state index in [1.54, 1.807) is 12.1 Å². The molecule has 2 aromatic carbocycles. The van der Waals surface area contributed by atoms with Gasteiger partial charge in [0.1, 0.15) is 23.2 Å². The second kappa shape index (κ2) is 7.16. The van der Waals surface area contributed by atoms with Gasteiger partial charge in [-0.15, -0.1) is 0 Å². The van der Waals surface area contributed by atoms with Gasteiger partial charge in [-0.05, 0) is 48.5 Å². The first-order valence-corrected chi connectivity index (χ1v) is 7.75. The number of nitrogens with one attached hydrogen (secondary N) is 4. The number of furan rings is 1. The number of anilines is 2. The van der Waals surface area contributed by atoms with Crippen molar-refractivity contribution in [3.8, 4) is 22.6 Å². The van der Waals surface area contributed by atoms with Gasteiger partial charge in [0, 0.05) is 11.4 Å². The van der Waals surface area contributed by atoms with Crippen LogP contribution in [0.25, 0.3) is 22.6 Å². The van der Waals surface area contributed by atoms with Gasteiger partial charge in [-0.3, -0.25) is 10.8 Å². The van der Waals surface area contributed by atoms with Crippen molar-refractivity contribution in [3.05, 3.63) is 60.2 Å². The van der Waals surface area contributed by atoms with Crippen LogP contribution in [0.4, 0.5) is 20.2 Å². The van der Waals surface area contributed by atoms with Crippen LogP contribution >= 0.6 is 0 Å². The summed E-state index contributed by atoms with van der Waals surface area (Å²) in [6.07, 6.45) is 0. The fourth-order valence-electron chi connectivity index (χ4n) is 2.52. The van der Waals surface area contributed by atoms with Crippen LogP contribution in [-0.4, -0.2) is 11.9 Å². The minimum absolute atomic E-state index is 0.186. The zero-order chi connectivity index (χ0) is 19.6. The van der Waals surface area contributed by atoms with Crippen molar-refractivity contribution in [1.82, 2.24) is 0 Å². The van der Waals surface area contributed by atoms with Gasteiger partial charge in [0.25, 0.3) is 0 Å². The molecule has 138 valence electrons. The van der Waals surface area contributed by atoms with Crippen LogP contribution in [0.1, 0.15) is 0 Å². The van der Waals surface area contributed by atoms with Crippen LogP contribution in [0.2, 0.25) is 0 Å². The van der Waals surface area contributed by atoms with Gasteiger partial charge in [0.05, 0.1) is 11.1 Å². The lowest BCUT2D eigenvalue weighted by Gasteiger charge is -2.07. The lowest BCUT2D eigenvalue weighted by Crippen LogP contribution is -2.20. The van der Waals surface area contributed by atoms with Gasteiger partial charge in [-0.1, -0.05) is 0 Å². The van der Waals surface area contributed by atoms with Gasteiger partial charge in [-0.25, -0.2) is 8.78 Å². The molecule has 3 aromatic rings. The number of halogens is 2. The largest absolute Gasteiger partial charge is 0.456 e. The zero-order valence-corrected chi connectivity index (χ0v) is 13.9. The molecule has 0 saturated carbocycles. The van der Waals surface area contributed by atoms with Gasteiger partial charge >= 0.3 is 0 Å². The van der Waals surface area contributed by atoms with Crippen molar-refractivity contribution < 1.29 is 13.2 Å². The summed E-state index contributed by atoms with van der Waals surface area (Å²) in [6, 6.07) is 11.5. The number of hydrogen-bond acceptors (Lipinski definition) is 3. The summed E-state index contributed by atoms with van der Waals surface area (Å²) in [7, 11) is 0. The molecular formula is C18H16F2N6O. The standard InChI is InChI=1S/C18H16F2N6O/c19-13-7-9(25-17(21)22)1-3-11(13)15-5-6-16(27-15)12-4-2-10(8-14(12)20)26-18(23)24/h1-8H,(H4,21,22,25)(H4,23,24,26). The normalized spacial score (nSPS) is 10.4. The van der Waals surface area contributed by atoms with Crippen molar-refractivity contribution in [2.24, 2.45) is 11.5 Å². The Morgan fingerprint density at radius 3 is 1.48 bits per heavy atom. The molecule has 0 bridgehead atoms. The summed E-state index contributed by atoms with van der Waals surface area (Å²) in [5.74, 6) is -1.32. The van der Waals surface area contributed by atoms with E-state index in [0.717, 1.165) is 0 Å². The Hall–Kier alpha value is -3.88. The number of nitrogens with two attached hydrogens (primary N) is 2. The van der Waals surface area contributed by atoms with Gasteiger partial charge in [-0.2, -0.15) is 0 Å². The first-order chi connectivity index (χ1) is 12.8. The molecule has 1 heterocycles. The van der Waals surface area contributed by atoms with Crippen LogP contribution < -0.4 is 22.1 Å². The molecule has 9 heteroatoms. The van der Waals surface area contributed by atoms with Crippen molar-refractivity contribution in [3.63, 3.8) is 0 Å². The van der Waals surface area contributed by atoms with E-state index in [1.807, 2.05) is 0 Å². The van der Waals surface area contributed by atoms with E-state index < -0.39 is 11.6 Å². The Labute approximate surface area is 153 Å². The van der Waals surface area contributed by atoms with Gasteiger partial charge < -0.3 is 26.5 Å². The van der Waals surface area contributed by atoms with E-state index in [4.69, 9.17) is 26.7 Å². The molecule has 0 amide bonds. The second-order valence-electron chi connectivity index (χ2n) is 5.63. The number of rotatable bonds is 4. The molecule has 0 spiro atoms. The number of guanidine groups is 2. The molecule has 0 fully saturated rings. The smallest absolute Gasteiger partial charge is 0.190 e. The fourth-order valence-corrected chi connectivity index (χ4v) is 2.52. The molecule has 27 heavy (non-hydrogen) atoms. The maximum Gasteiger partial charge on any atom is 0.190 e. The average Bonchev–Trinajstić information content (AvgIpc) is 3.03. The van der Waals surface area contributed by atoms with Crippen molar-refractivity contribution in [1.29, 1.82) is 10.8 Å². The molecule has 0 aliphatic carbocycles. The molecule has 0 atom stereocenters. The van der Waals surface area contributed by atoms with Crippen LogP contribution in [0.3, 0.4) is 0 Å². The highest BCUT2D eigenvalue weighted by atomic mass is 19.1. The quantitative estimate of drug-likeness (QED) is 0.308. The molecule has 8 N–H and O–H groups in total. The molecule has 3 rings (SSSR count). The predicted octanol–water partition coefficient (Wildman–Crippen LogP) is 3.50. The SMILES string of the molecule is N=C(N)Nc1ccc(-c2ccc(-c3ccc(NC(=N)N)cc3F)o2)c(F)c1. The summed E-state index contributed by atoms with van der Waals surface area (Å²) in [6.45, 7) is 0. The molecule has 0 aliphatic rings. The van der Waals surface area contributed by atoms with Crippen molar-refractivity contribution >= 4 is 23.3 Å². The first-order valence-electron chi connectivity index (χ1n) is 7.75. The maximum absolute atomic E-state index is 14.3. The fraction of sp³-hybridized carbons (Fsp3) is 0. The van der Waals surface area contributed by atoms with Crippen LogP contribution in [0.15, 0.2) is 52.9 Å². The summed E-state index contributed by atoms with van der Waals surface area (Å²) >= 11 is 0. The summed E-state index contributed by atoms with van der Waals surface area (Å²) in [4.78, 5) is 0. The Kier molecular flexibility index (Phi) is 4.75. The van der Waals surface area contributed by atoms with Gasteiger partial charge in [0.15, 0.2) is 11.9 Å². The predicted molar refractivity (Wildman–Crippen MR) is 101 cm³/mol. The van der Waals surface area contributed by atoms with Crippen molar-refractivity contribution in [2.75, 3.05) is 10.6 Å². The van der Waals surface area contributed by atoms with Crippen molar-refractivity contribution in [2.45, 2.75) is 0 Å². The van der Waals surface area contributed by atoms with Gasteiger partial charge in [0.2, 0.25) is 0 Å². The van der Waals surface area contributed by atoms with Crippen LogP contribution in [0, 0.1) is 22.5 Å². The van der Waals surface area contributed by atoms with E-state index in [1.165, 1.54) is 36.4 Å². The minimum atomic E-state index is -0.580. The second-order valence-corrected chi connectivity index (χ2v) is 5.63. The highest BCUT2D eigenvalue weighted by molar-refractivity contribution is 5.90. The third-order valence-electron chi connectivity index (χ3n) is 3.63. The van der Waals surface area contributed by atoms with E-state index in [2.05, 4.69) is 10.6 Å². The molecular weight excluding hydrogens is 354 g/mol. The Bertz CT molecular complexity index is 950.